The van der Waals surface area contributed by atoms with Crippen molar-refractivity contribution < 1.29 is 18.3 Å². The number of rotatable bonds is 5. The molecule has 0 spiro atoms. The molecule has 2 aliphatic rings. The first-order valence-electron chi connectivity index (χ1n) is 9.99. The Bertz CT molecular complexity index is 1190. The Morgan fingerprint density at radius 1 is 1.33 bits per heavy atom. The second-order valence-corrected chi connectivity index (χ2v) is 9.49. The second kappa shape index (κ2) is 6.65. The number of halogens is 3. The summed E-state index contributed by atoms with van der Waals surface area (Å²) in [5.41, 5.74) is 0.681. The first kappa shape index (κ1) is 19.7. The van der Waals surface area contributed by atoms with Gasteiger partial charge in [-0.15, -0.1) is 11.3 Å². The van der Waals surface area contributed by atoms with E-state index in [0.29, 0.717) is 16.3 Å². The van der Waals surface area contributed by atoms with E-state index in [-0.39, 0.29) is 29.9 Å². The van der Waals surface area contributed by atoms with Crippen molar-refractivity contribution >= 4 is 16.3 Å². The molecule has 1 N–H and O–H groups in total. The van der Waals surface area contributed by atoms with Gasteiger partial charge in [0.1, 0.15) is 0 Å². The first-order chi connectivity index (χ1) is 14.2. The summed E-state index contributed by atoms with van der Waals surface area (Å²) in [6.07, 6.45) is -2.00. The summed E-state index contributed by atoms with van der Waals surface area (Å²) in [6, 6.07) is 1.93. The van der Waals surface area contributed by atoms with Gasteiger partial charge in [0.2, 0.25) is 0 Å². The molecule has 30 heavy (non-hydrogen) atoms. The molecule has 3 aromatic rings. The SMILES string of the molecule is Cc1sc2nc(C(C)n3nc(C(F)(F)F)cc3C3CC3)cc(=O)n2c1[C@@H]1C[C@H]1CO. The molecule has 0 bridgehead atoms. The van der Waals surface area contributed by atoms with E-state index in [2.05, 4.69) is 10.1 Å². The van der Waals surface area contributed by atoms with Gasteiger partial charge in [0.25, 0.3) is 5.56 Å². The van der Waals surface area contributed by atoms with Crippen LogP contribution in [-0.2, 0) is 6.18 Å². The molecule has 3 heterocycles. The molecule has 6 nitrogen and oxygen atoms in total. The fourth-order valence-corrected chi connectivity index (χ4v) is 5.26. The molecule has 3 atom stereocenters. The van der Waals surface area contributed by atoms with Gasteiger partial charge in [-0.3, -0.25) is 13.9 Å². The average molecular weight is 438 g/mol. The second-order valence-electron chi connectivity index (χ2n) is 8.31. The highest BCUT2D eigenvalue weighted by molar-refractivity contribution is 7.17. The predicted molar refractivity (Wildman–Crippen MR) is 105 cm³/mol. The lowest BCUT2D eigenvalue weighted by Crippen LogP contribution is -2.21. The topological polar surface area (TPSA) is 72.4 Å². The van der Waals surface area contributed by atoms with Gasteiger partial charge in [0.15, 0.2) is 10.7 Å². The molecule has 2 aliphatic carbocycles. The lowest BCUT2D eigenvalue weighted by Gasteiger charge is -2.15. The van der Waals surface area contributed by atoms with Crippen molar-refractivity contribution in [1.82, 2.24) is 19.2 Å². The van der Waals surface area contributed by atoms with E-state index in [4.69, 9.17) is 0 Å². The average Bonchev–Trinajstić information content (AvgIpc) is 3.59. The number of alkyl halides is 3. The lowest BCUT2D eigenvalue weighted by atomic mass is 10.2. The van der Waals surface area contributed by atoms with Crippen LogP contribution in [-0.4, -0.2) is 30.9 Å². The Morgan fingerprint density at radius 3 is 2.67 bits per heavy atom. The molecule has 0 amide bonds. The smallest absolute Gasteiger partial charge is 0.396 e. The summed E-state index contributed by atoms with van der Waals surface area (Å²) < 4.78 is 42.7. The van der Waals surface area contributed by atoms with Gasteiger partial charge < -0.3 is 5.11 Å². The van der Waals surface area contributed by atoms with Crippen LogP contribution in [0.2, 0.25) is 0 Å². The maximum atomic E-state index is 13.2. The fraction of sp³-hybridized carbons (Fsp3) is 0.550. The van der Waals surface area contributed by atoms with Crippen molar-refractivity contribution in [3.05, 3.63) is 50.1 Å². The zero-order valence-electron chi connectivity index (χ0n) is 16.5. The van der Waals surface area contributed by atoms with Crippen LogP contribution < -0.4 is 5.56 Å². The molecule has 3 aromatic heterocycles. The van der Waals surface area contributed by atoms with Gasteiger partial charge in [-0.25, -0.2) is 4.98 Å². The van der Waals surface area contributed by atoms with Crippen LogP contribution in [0.5, 0.6) is 0 Å². The van der Waals surface area contributed by atoms with Crippen molar-refractivity contribution in [2.45, 2.75) is 57.2 Å². The van der Waals surface area contributed by atoms with Crippen molar-refractivity contribution in [3.63, 3.8) is 0 Å². The number of thiazole rings is 1. The highest BCUT2D eigenvalue weighted by Gasteiger charge is 2.42. The Morgan fingerprint density at radius 2 is 2.07 bits per heavy atom. The molecule has 0 aliphatic heterocycles. The van der Waals surface area contributed by atoms with E-state index in [1.165, 1.54) is 22.1 Å². The summed E-state index contributed by atoms with van der Waals surface area (Å²) in [6.45, 7) is 3.74. The van der Waals surface area contributed by atoms with E-state index in [9.17, 15) is 23.1 Å². The predicted octanol–water partition coefficient (Wildman–Crippen LogP) is 3.86. The number of aryl methyl sites for hydroxylation is 1. The van der Waals surface area contributed by atoms with Crippen LogP contribution >= 0.6 is 11.3 Å². The van der Waals surface area contributed by atoms with Gasteiger partial charge in [-0.2, -0.15) is 18.3 Å². The van der Waals surface area contributed by atoms with E-state index < -0.39 is 17.9 Å². The minimum atomic E-state index is -4.52. The summed E-state index contributed by atoms with van der Waals surface area (Å²) in [4.78, 5) is 19.1. The third-order valence-electron chi connectivity index (χ3n) is 6.11. The number of aliphatic hydroxyl groups excluding tert-OH is 1. The van der Waals surface area contributed by atoms with E-state index in [1.54, 1.807) is 11.3 Å². The highest BCUT2D eigenvalue weighted by Crippen LogP contribution is 2.49. The van der Waals surface area contributed by atoms with Crippen LogP contribution in [0.1, 0.15) is 71.7 Å². The number of hydrogen-bond acceptors (Lipinski definition) is 5. The van der Waals surface area contributed by atoms with Gasteiger partial charge >= 0.3 is 6.18 Å². The lowest BCUT2D eigenvalue weighted by molar-refractivity contribution is -0.141. The number of hydrogen-bond donors (Lipinski definition) is 1. The molecule has 0 radical (unpaired) electrons. The molecule has 10 heteroatoms. The quantitative estimate of drug-likeness (QED) is 0.657. The fourth-order valence-electron chi connectivity index (χ4n) is 4.21. The summed E-state index contributed by atoms with van der Waals surface area (Å²) in [5.74, 6) is 0.383. The molecule has 2 saturated carbocycles. The van der Waals surface area contributed by atoms with E-state index in [1.807, 2.05) is 6.92 Å². The van der Waals surface area contributed by atoms with Crippen LogP contribution in [0.15, 0.2) is 16.9 Å². The molecule has 2 fully saturated rings. The summed E-state index contributed by atoms with van der Waals surface area (Å²) >= 11 is 1.39. The minimum absolute atomic E-state index is 0.0711. The summed E-state index contributed by atoms with van der Waals surface area (Å²) in [5, 5.41) is 13.2. The van der Waals surface area contributed by atoms with Crippen LogP contribution in [0.25, 0.3) is 4.96 Å². The largest absolute Gasteiger partial charge is 0.435 e. The first-order valence-corrected chi connectivity index (χ1v) is 10.8. The third kappa shape index (κ3) is 3.17. The number of aromatic nitrogens is 4. The van der Waals surface area contributed by atoms with E-state index in [0.717, 1.165) is 35.9 Å². The Kier molecular flexibility index (Phi) is 4.38. The zero-order valence-corrected chi connectivity index (χ0v) is 17.3. The number of aliphatic hydroxyl groups is 1. The summed E-state index contributed by atoms with van der Waals surface area (Å²) in [7, 11) is 0. The molecule has 1 unspecified atom stereocenters. The monoisotopic (exact) mass is 438 g/mol. The minimum Gasteiger partial charge on any atom is -0.396 e. The van der Waals surface area contributed by atoms with E-state index >= 15 is 0 Å². The Hall–Kier alpha value is -2.20. The van der Waals surface area contributed by atoms with Crippen LogP contribution in [0.4, 0.5) is 13.2 Å². The maximum absolute atomic E-state index is 13.2. The molecular weight excluding hydrogens is 417 g/mol. The molecular formula is C20H21F3N4O2S. The normalized spacial score (nSPS) is 22.6. The van der Waals surface area contributed by atoms with Gasteiger partial charge in [0.05, 0.1) is 11.7 Å². The standard InChI is InChI=1S/C20H21F3N4O2S/c1-9(27-15(11-3-4-11)7-16(25-27)20(21,22)23)14-6-17(29)26-18(13-5-12(13)8-28)10(2)30-19(26)24-14/h6-7,9,11-13,28H,3-5,8H2,1-2H3/t9?,12-,13+/m0/s1. The van der Waals surface area contributed by atoms with Crippen molar-refractivity contribution in [2.24, 2.45) is 5.92 Å². The highest BCUT2D eigenvalue weighted by atomic mass is 32.1. The van der Waals surface area contributed by atoms with Crippen molar-refractivity contribution in [1.29, 1.82) is 0 Å². The van der Waals surface area contributed by atoms with Crippen LogP contribution in [0, 0.1) is 12.8 Å². The van der Waals surface area contributed by atoms with Crippen molar-refractivity contribution in [3.8, 4) is 0 Å². The molecule has 0 saturated heterocycles. The third-order valence-corrected chi connectivity index (χ3v) is 7.08. The van der Waals surface area contributed by atoms with Crippen LogP contribution in [0.3, 0.4) is 0 Å². The Labute approximate surface area is 174 Å². The molecule has 0 aromatic carbocycles. The maximum Gasteiger partial charge on any atom is 0.435 e. The van der Waals surface area contributed by atoms with Crippen molar-refractivity contribution in [2.75, 3.05) is 6.61 Å². The van der Waals surface area contributed by atoms with Gasteiger partial charge in [-0.1, -0.05) is 0 Å². The van der Waals surface area contributed by atoms with Gasteiger partial charge in [0, 0.05) is 40.8 Å². The number of nitrogens with zero attached hydrogens (tertiary/aromatic N) is 4. The number of fused-ring (bicyclic) bond motifs is 1. The molecule has 5 rings (SSSR count). The zero-order chi connectivity index (χ0) is 21.4. The Balaban J connectivity index is 1.58. The van der Waals surface area contributed by atoms with Gasteiger partial charge in [-0.05, 0) is 45.1 Å². The molecule has 160 valence electrons.